The number of rotatable bonds is 69. The number of allylic oxidation sites excluding steroid dienone is 4. The summed E-state index contributed by atoms with van der Waals surface area (Å²) in [7, 11) is 0. The maximum atomic E-state index is 12.6. The molecule has 0 aliphatic heterocycles. The molecule has 0 aliphatic rings. The van der Waals surface area contributed by atoms with E-state index in [0.29, 0.717) is 25.9 Å². The van der Waals surface area contributed by atoms with Crippen molar-refractivity contribution >= 4 is 11.9 Å². The van der Waals surface area contributed by atoms with Gasteiger partial charge in [0.1, 0.15) is 0 Å². The fourth-order valence-corrected chi connectivity index (χ4v) is 11.7. The fraction of sp³-hybridized carbons (Fsp3) is 0.919. The minimum Gasteiger partial charge on any atom is -0.466 e. The molecule has 0 saturated carbocycles. The molecule has 0 radical (unpaired) electrons. The van der Waals surface area contributed by atoms with Gasteiger partial charge in [-0.25, -0.2) is 0 Å². The number of nitrogens with one attached hydrogen (secondary N) is 1. The summed E-state index contributed by atoms with van der Waals surface area (Å²) in [5.41, 5.74) is 0. The lowest BCUT2D eigenvalue weighted by molar-refractivity contribution is -0.143. The van der Waals surface area contributed by atoms with Gasteiger partial charge in [-0.2, -0.15) is 0 Å². The summed E-state index contributed by atoms with van der Waals surface area (Å²) in [5, 5.41) is 23.5. The molecule has 2 unspecified atom stereocenters. The Morgan fingerprint density at radius 2 is 0.625 bits per heavy atom. The van der Waals surface area contributed by atoms with Crippen LogP contribution in [0.3, 0.4) is 0 Å². The number of aliphatic hydroxyl groups excluding tert-OH is 2. The van der Waals surface area contributed by atoms with E-state index in [0.717, 1.165) is 44.9 Å². The van der Waals surface area contributed by atoms with Crippen LogP contribution in [-0.2, 0) is 14.3 Å². The van der Waals surface area contributed by atoms with Crippen LogP contribution in [0.5, 0.6) is 0 Å². The number of unbranched alkanes of at least 4 members (excludes halogenated alkanes) is 54. The quantitative estimate of drug-likeness (QED) is 0.0320. The lowest BCUT2D eigenvalue weighted by Crippen LogP contribution is -2.45. The Morgan fingerprint density at radius 3 is 0.950 bits per heavy atom. The van der Waals surface area contributed by atoms with Crippen molar-refractivity contribution in [1.82, 2.24) is 5.32 Å². The second-order valence-electron chi connectivity index (χ2n) is 25.3. The Kier molecular flexibility index (Phi) is 68.4. The molecule has 474 valence electrons. The van der Waals surface area contributed by atoms with Crippen molar-refractivity contribution in [2.75, 3.05) is 13.2 Å². The highest BCUT2D eigenvalue weighted by Gasteiger charge is 2.20. The van der Waals surface area contributed by atoms with Gasteiger partial charge in [0.2, 0.25) is 5.91 Å². The first-order chi connectivity index (χ1) is 39.5. The summed E-state index contributed by atoms with van der Waals surface area (Å²) in [6.07, 6.45) is 88.1. The predicted molar refractivity (Wildman–Crippen MR) is 352 cm³/mol. The van der Waals surface area contributed by atoms with Gasteiger partial charge < -0.3 is 20.3 Å². The number of amides is 1. The van der Waals surface area contributed by atoms with Crippen molar-refractivity contribution in [3.8, 4) is 0 Å². The van der Waals surface area contributed by atoms with Gasteiger partial charge in [-0.15, -0.1) is 0 Å². The van der Waals surface area contributed by atoms with E-state index in [2.05, 4.69) is 43.5 Å². The molecule has 0 heterocycles. The average molecular weight is 1130 g/mol. The number of hydrogen-bond donors (Lipinski definition) is 3. The van der Waals surface area contributed by atoms with Crippen LogP contribution in [0.15, 0.2) is 24.3 Å². The Labute approximate surface area is 501 Å². The molecule has 0 aromatic rings. The van der Waals surface area contributed by atoms with Gasteiger partial charge in [-0.3, -0.25) is 9.59 Å². The fourth-order valence-electron chi connectivity index (χ4n) is 11.7. The molecule has 0 aromatic heterocycles. The molecule has 1 amide bonds. The third-order valence-electron chi connectivity index (χ3n) is 17.3. The number of carbonyl (C=O) groups excluding carboxylic acids is 2. The lowest BCUT2D eigenvalue weighted by atomic mass is 10.0. The van der Waals surface area contributed by atoms with Crippen LogP contribution in [0.1, 0.15) is 412 Å². The summed E-state index contributed by atoms with van der Waals surface area (Å²) >= 11 is 0. The number of hydrogen-bond acceptors (Lipinski definition) is 5. The summed E-state index contributed by atoms with van der Waals surface area (Å²) < 4.78 is 5.47. The topological polar surface area (TPSA) is 95.9 Å². The number of ether oxygens (including phenoxy) is 1. The zero-order valence-corrected chi connectivity index (χ0v) is 54.3. The summed E-state index contributed by atoms with van der Waals surface area (Å²) in [4.78, 5) is 24.6. The number of esters is 1. The summed E-state index contributed by atoms with van der Waals surface area (Å²) in [6.45, 7) is 4.99. The highest BCUT2D eigenvalue weighted by Crippen LogP contribution is 2.19. The van der Waals surface area contributed by atoms with Gasteiger partial charge in [0.15, 0.2) is 0 Å². The SMILES string of the molecule is CCCCCCCCCCCCCCCCCCCCCCCCCCCC(O)C(CO)NC(=O)CCCCCCCCCCCCC/C=C\C/C=C\CCCCCCCCCCCOC(=O)CCCCCCCCCCCCC. The zero-order valence-electron chi connectivity index (χ0n) is 54.3. The van der Waals surface area contributed by atoms with E-state index in [-0.39, 0.29) is 18.5 Å². The van der Waals surface area contributed by atoms with Gasteiger partial charge >= 0.3 is 5.97 Å². The monoisotopic (exact) mass is 1130 g/mol. The van der Waals surface area contributed by atoms with Gasteiger partial charge in [0.25, 0.3) is 0 Å². The third-order valence-corrected chi connectivity index (χ3v) is 17.3. The Balaban J connectivity index is 3.42. The van der Waals surface area contributed by atoms with E-state index in [1.807, 2.05) is 0 Å². The van der Waals surface area contributed by atoms with Crippen molar-refractivity contribution in [2.24, 2.45) is 0 Å². The highest BCUT2D eigenvalue weighted by molar-refractivity contribution is 5.76. The third kappa shape index (κ3) is 65.5. The van der Waals surface area contributed by atoms with E-state index < -0.39 is 12.1 Å². The van der Waals surface area contributed by atoms with Gasteiger partial charge in [-0.05, 0) is 57.8 Å². The van der Waals surface area contributed by atoms with Crippen molar-refractivity contribution in [2.45, 2.75) is 424 Å². The van der Waals surface area contributed by atoms with Gasteiger partial charge in [0.05, 0.1) is 25.4 Å². The Morgan fingerprint density at radius 1 is 0.350 bits per heavy atom. The summed E-state index contributed by atoms with van der Waals surface area (Å²) in [5.74, 6) is -0.0218. The standard InChI is InChI=1S/C74H143NO5/c1-3-5-7-9-11-13-15-16-17-18-19-20-21-25-28-31-34-37-40-43-47-50-54-58-62-66-72(77)71(70-76)75-73(78)67-63-59-55-51-48-44-41-38-35-32-29-26-23-22-24-27-30-33-36-39-42-45-49-53-57-61-65-69-80-74(79)68-64-60-56-52-46-14-12-10-8-6-4-2/h22-23,27,30,71-72,76-77H,3-21,24-26,28-29,31-70H2,1-2H3,(H,75,78)/b23-22-,30-27-. The van der Waals surface area contributed by atoms with Crippen molar-refractivity contribution in [1.29, 1.82) is 0 Å². The Hall–Kier alpha value is -1.66. The number of carbonyl (C=O) groups is 2. The smallest absolute Gasteiger partial charge is 0.305 e. The first-order valence-corrected chi connectivity index (χ1v) is 36.6. The second-order valence-corrected chi connectivity index (χ2v) is 25.3. The molecule has 0 bridgehead atoms. The van der Waals surface area contributed by atoms with E-state index in [4.69, 9.17) is 4.74 Å². The normalized spacial score (nSPS) is 12.6. The highest BCUT2D eigenvalue weighted by atomic mass is 16.5. The van der Waals surface area contributed by atoms with Crippen LogP contribution in [0.25, 0.3) is 0 Å². The van der Waals surface area contributed by atoms with E-state index in [1.165, 1.54) is 334 Å². The minimum atomic E-state index is -0.668. The van der Waals surface area contributed by atoms with Crippen LogP contribution in [0.4, 0.5) is 0 Å². The molecule has 0 fully saturated rings. The molecule has 6 heteroatoms. The average Bonchev–Trinajstić information content (AvgIpc) is 3.46. The predicted octanol–water partition coefficient (Wildman–Crippen LogP) is 23.7. The van der Waals surface area contributed by atoms with Crippen LogP contribution >= 0.6 is 0 Å². The molecule has 3 N–H and O–H groups in total. The van der Waals surface area contributed by atoms with E-state index >= 15 is 0 Å². The molecule has 6 nitrogen and oxygen atoms in total. The molecule has 0 rings (SSSR count). The number of aliphatic hydroxyl groups is 2. The molecule has 0 saturated heterocycles. The molecule has 0 aliphatic carbocycles. The van der Waals surface area contributed by atoms with Crippen LogP contribution < -0.4 is 5.32 Å². The maximum Gasteiger partial charge on any atom is 0.305 e. The Bertz CT molecular complexity index is 1250. The molecular weight excluding hydrogens is 983 g/mol. The van der Waals surface area contributed by atoms with E-state index in [1.54, 1.807) is 0 Å². The largest absolute Gasteiger partial charge is 0.466 e. The molecular formula is C74H143NO5. The van der Waals surface area contributed by atoms with Gasteiger partial charge in [0, 0.05) is 12.8 Å². The van der Waals surface area contributed by atoms with Crippen molar-refractivity contribution in [3.63, 3.8) is 0 Å². The molecule has 0 spiro atoms. The minimum absolute atomic E-state index is 0.0112. The van der Waals surface area contributed by atoms with Crippen LogP contribution in [0, 0.1) is 0 Å². The van der Waals surface area contributed by atoms with Crippen LogP contribution in [0.2, 0.25) is 0 Å². The molecule has 80 heavy (non-hydrogen) atoms. The van der Waals surface area contributed by atoms with Gasteiger partial charge in [-0.1, -0.05) is 366 Å². The van der Waals surface area contributed by atoms with Crippen LogP contribution in [-0.4, -0.2) is 47.4 Å². The zero-order chi connectivity index (χ0) is 57.8. The maximum absolute atomic E-state index is 12.6. The lowest BCUT2D eigenvalue weighted by Gasteiger charge is -2.22. The summed E-state index contributed by atoms with van der Waals surface area (Å²) in [6, 6.07) is -0.545. The molecule has 0 aromatic carbocycles. The first-order valence-electron chi connectivity index (χ1n) is 36.6. The van der Waals surface area contributed by atoms with Crippen molar-refractivity contribution < 1.29 is 24.5 Å². The first kappa shape index (κ1) is 78.3. The van der Waals surface area contributed by atoms with E-state index in [9.17, 15) is 19.8 Å². The van der Waals surface area contributed by atoms with Crippen molar-refractivity contribution in [3.05, 3.63) is 24.3 Å². The second kappa shape index (κ2) is 69.8. The molecule has 2 atom stereocenters.